The number of ether oxygens (including phenoxy) is 1. The summed E-state index contributed by atoms with van der Waals surface area (Å²) < 4.78 is 31.3. The molecule has 7 nitrogen and oxygen atoms in total. The first kappa shape index (κ1) is 21.5. The third kappa shape index (κ3) is 8.17. The van der Waals surface area contributed by atoms with Crippen molar-refractivity contribution in [3.05, 3.63) is 29.3 Å². The van der Waals surface area contributed by atoms with Crippen LogP contribution in [0.25, 0.3) is 0 Å². The lowest BCUT2D eigenvalue weighted by Crippen LogP contribution is -2.38. The molecule has 0 heterocycles. The molecule has 0 aromatic heterocycles. The molecule has 152 valence electrons. The number of aliphatic imine (C=N–C) groups is 1. The zero-order chi connectivity index (χ0) is 19.7. The van der Waals surface area contributed by atoms with Gasteiger partial charge in [0, 0.05) is 32.2 Å². The van der Waals surface area contributed by atoms with E-state index in [2.05, 4.69) is 45.5 Å². The Balaban J connectivity index is 1.76. The quantitative estimate of drug-likeness (QED) is 0.301. The summed E-state index contributed by atoms with van der Waals surface area (Å²) in [5.74, 6) is 2.43. The lowest BCUT2D eigenvalue weighted by Gasteiger charge is -2.15. The fourth-order valence-corrected chi connectivity index (χ4v) is 3.12. The highest BCUT2D eigenvalue weighted by Crippen LogP contribution is 2.30. The Labute approximate surface area is 163 Å². The second kappa shape index (κ2) is 10.5. The number of aryl methyl sites for hydroxylation is 1. The van der Waals surface area contributed by atoms with E-state index in [0.29, 0.717) is 37.9 Å². The minimum atomic E-state index is -3.13. The van der Waals surface area contributed by atoms with E-state index < -0.39 is 10.0 Å². The monoisotopic (exact) mass is 396 g/mol. The maximum Gasteiger partial charge on any atom is 0.211 e. The smallest absolute Gasteiger partial charge is 0.211 e. The largest absolute Gasteiger partial charge is 0.493 e. The number of hydrogen-bond acceptors (Lipinski definition) is 4. The maximum absolute atomic E-state index is 11.4. The number of guanidine groups is 1. The normalized spacial score (nSPS) is 14.9. The van der Waals surface area contributed by atoms with Gasteiger partial charge in [0.25, 0.3) is 0 Å². The predicted octanol–water partition coefficient (Wildman–Crippen LogP) is 1.78. The first-order valence-electron chi connectivity index (χ1n) is 9.57. The average Bonchev–Trinajstić information content (AvgIpc) is 3.47. The van der Waals surface area contributed by atoms with E-state index in [1.165, 1.54) is 18.4 Å². The summed E-state index contributed by atoms with van der Waals surface area (Å²) in [7, 11) is -1.41. The van der Waals surface area contributed by atoms with Crippen molar-refractivity contribution in [2.45, 2.75) is 39.7 Å². The number of rotatable bonds is 11. The van der Waals surface area contributed by atoms with Crippen LogP contribution in [0.2, 0.25) is 0 Å². The lowest BCUT2D eigenvalue weighted by atomic mass is 10.1. The maximum atomic E-state index is 11.4. The highest BCUT2D eigenvalue weighted by molar-refractivity contribution is 7.89. The van der Waals surface area contributed by atoms with Gasteiger partial charge in [-0.05, 0) is 50.7 Å². The SMILES string of the molecule is CCS(=O)(=O)NCCCNC(=NC)NCc1ccc(C)cc1OCC1CC1. The highest BCUT2D eigenvalue weighted by atomic mass is 32.2. The zero-order valence-electron chi connectivity index (χ0n) is 16.5. The van der Waals surface area contributed by atoms with Crippen LogP contribution in [0.15, 0.2) is 23.2 Å². The van der Waals surface area contributed by atoms with Crippen LogP contribution in [0, 0.1) is 12.8 Å². The zero-order valence-corrected chi connectivity index (χ0v) is 17.4. The molecule has 1 aromatic rings. The van der Waals surface area contributed by atoms with Gasteiger partial charge >= 0.3 is 0 Å². The van der Waals surface area contributed by atoms with Crippen LogP contribution in [0.1, 0.15) is 37.3 Å². The summed E-state index contributed by atoms with van der Waals surface area (Å²) in [4.78, 5) is 4.21. The molecule has 0 aliphatic heterocycles. The summed E-state index contributed by atoms with van der Waals surface area (Å²) in [5, 5.41) is 6.49. The van der Waals surface area contributed by atoms with Crippen molar-refractivity contribution in [1.82, 2.24) is 15.4 Å². The molecule has 3 N–H and O–H groups in total. The molecule has 1 aliphatic carbocycles. The number of nitrogens with one attached hydrogen (secondary N) is 3. The van der Waals surface area contributed by atoms with Gasteiger partial charge in [0.05, 0.1) is 12.4 Å². The van der Waals surface area contributed by atoms with E-state index >= 15 is 0 Å². The fourth-order valence-electron chi connectivity index (χ4n) is 2.46. The van der Waals surface area contributed by atoms with Crippen LogP contribution in [-0.2, 0) is 16.6 Å². The Morgan fingerprint density at radius 3 is 2.70 bits per heavy atom. The van der Waals surface area contributed by atoms with Crippen LogP contribution in [-0.4, -0.2) is 46.9 Å². The molecular formula is C19H32N4O3S. The second-order valence-corrected chi connectivity index (χ2v) is 8.96. The summed E-state index contributed by atoms with van der Waals surface area (Å²) in [5.41, 5.74) is 2.28. The van der Waals surface area contributed by atoms with E-state index in [9.17, 15) is 8.42 Å². The Morgan fingerprint density at radius 2 is 2.04 bits per heavy atom. The first-order valence-corrected chi connectivity index (χ1v) is 11.2. The minimum Gasteiger partial charge on any atom is -0.493 e. The van der Waals surface area contributed by atoms with Gasteiger partial charge in [0.15, 0.2) is 5.96 Å². The van der Waals surface area contributed by atoms with Gasteiger partial charge in [-0.15, -0.1) is 0 Å². The molecule has 2 rings (SSSR count). The van der Waals surface area contributed by atoms with Crippen molar-refractivity contribution in [3.63, 3.8) is 0 Å². The van der Waals surface area contributed by atoms with Gasteiger partial charge in [-0.3, -0.25) is 4.99 Å². The van der Waals surface area contributed by atoms with Crippen molar-refractivity contribution in [1.29, 1.82) is 0 Å². The predicted molar refractivity (Wildman–Crippen MR) is 110 cm³/mol. The van der Waals surface area contributed by atoms with Crippen molar-refractivity contribution in [3.8, 4) is 5.75 Å². The van der Waals surface area contributed by atoms with Gasteiger partial charge in [0.1, 0.15) is 5.75 Å². The number of sulfonamides is 1. The Morgan fingerprint density at radius 1 is 1.26 bits per heavy atom. The summed E-state index contributed by atoms with van der Waals surface area (Å²) >= 11 is 0. The molecule has 0 amide bonds. The Bertz CT molecular complexity index is 730. The van der Waals surface area contributed by atoms with Gasteiger partial charge in [-0.2, -0.15) is 0 Å². The minimum absolute atomic E-state index is 0.103. The van der Waals surface area contributed by atoms with Crippen LogP contribution in [0.4, 0.5) is 0 Å². The molecule has 0 spiro atoms. The summed E-state index contributed by atoms with van der Waals surface area (Å²) in [6, 6.07) is 6.24. The molecule has 0 radical (unpaired) electrons. The first-order chi connectivity index (χ1) is 12.9. The molecule has 1 saturated carbocycles. The van der Waals surface area contributed by atoms with Gasteiger partial charge in [-0.1, -0.05) is 12.1 Å². The van der Waals surface area contributed by atoms with Gasteiger partial charge in [0.2, 0.25) is 10.0 Å². The Hall–Kier alpha value is -1.80. The lowest BCUT2D eigenvalue weighted by molar-refractivity contribution is 0.296. The molecule has 0 saturated heterocycles. The van der Waals surface area contributed by atoms with E-state index in [1.807, 2.05) is 0 Å². The van der Waals surface area contributed by atoms with Crippen LogP contribution < -0.4 is 20.1 Å². The average molecular weight is 397 g/mol. The molecule has 0 atom stereocenters. The molecule has 0 bridgehead atoms. The third-order valence-electron chi connectivity index (χ3n) is 4.41. The van der Waals surface area contributed by atoms with Crippen molar-refractivity contribution < 1.29 is 13.2 Å². The van der Waals surface area contributed by atoms with Crippen molar-refractivity contribution >= 4 is 16.0 Å². The van der Waals surface area contributed by atoms with Crippen molar-refractivity contribution in [2.24, 2.45) is 10.9 Å². The molecule has 0 unspecified atom stereocenters. The van der Waals surface area contributed by atoms with E-state index in [4.69, 9.17) is 4.74 Å². The van der Waals surface area contributed by atoms with Gasteiger partial charge in [-0.25, -0.2) is 13.1 Å². The number of benzene rings is 1. The topological polar surface area (TPSA) is 91.8 Å². The van der Waals surface area contributed by atoms with E-state index in [1.54, 1.807) is 14.0 Å². The molecule has 1 fully saturated rings. The van der Waals surface area contributed by atoms with Crippen LogP contribution in [0.5, 0.6) is 5.75 Å². The second-order valence-electron chi connectivity index (χ2n) is 6.87. The third-order valence-corrected chi connectivity index (χ3v) is 5.82. The molecular weight excluding hydrogens is 364 g/mol. The van der Waals surface area contributed by atoms with E-state index in [0.717, 1.165) is 17.9 Å². The highest BCUT2D eigenvalue weighted by Gasteiger charge is 2.22. The molecule has 27 heavy (non-hydrogen) atoms. The van der Waals surface area contributed by atoms with Crippen LogP contribution in [0.3, 0.4) is 0 Å². The van der Waals surface area contributed by atoms with Crippen molar-refractivity contribution in [2.75, 3.05) is 32.5 Å². The summed E-state index contributed by atoms with van der Waals surface area (Å²) in [6.45, 7) is 6.14. The molecule has 1 aliphatic rings. The Kier molecular flexibility index (Phi) is 8.37. The number of nitrogens with zero attached hydrogens (tertiary/aromatic N) is 1. The molecule has 8 heteroatoms. The molecule has 1 aromatic carbocycles. The fraction of sp³-hybridized carbons (Fsp3) is 0.632. The summed E-state index contributed by atoms with van der Waals surface area (Å²) in [6.07, 6.45) is 3.22. The van der Waals surface area contributed by atoms with Gasteiger partial charge < -0.3 is 15.4 Å². The number of hydrogen-bond donors (Lipinski definition) is 3. The van der Waals surface area contributed by atoms with Crippen LogP contribution >= 0.6 is 0 Å². The van der Waals surface area contributed by atoms with E-state index in [-0.39, 0.29) is 5.75 Å². The standard InChI is InChI=1S/C19H32N4O3S/c1-4-27(24,25)23-11-5-10-21-19(20-3)22-13-17-9-6-15(2)12-18(17)26-14-16-7-8-16/h6,9,12,16,23H,4-5,7-8,10-11,13-14H2,1-3H3,(H2,20,21,22).